The monoisotopic (exact) mass is 274 g/mol. The molecule has 3 nitrogen and oxygen atoms in total. The molecule has 1 aliphatic rings. The molecular weight excluding hydrogens is 248 g/mol. The minimum Gasteiger partial charge on any atom is -0.345 e. The average Bonchev–Trinajstić information content (AvgIpc) is 2.53. The Morgan fingerprint density at radius 3 is 2.60 bits per heavy atom. The molecule has 20 heavy (non-hydrogen) atoms. The van der Waals surface area contributed by atoms with Crippen molar-refractivity contribution in [2.45, 2.75) is 32.1 Å². The molecule has 2 rings (SSSR count). The van der Waals surface area contributed by atoms with Crippen LogP contribution in [0.1, 0.15) is 37.7 Å². The van der Waals surface area contributed by atoms with Crippen LogP contribution in [-0.2, 0) is 4.79 Å². The standard InChI is InChI=1S/C17H26N2O/c1-14(16-6-4-3-5-7-16)17(20)19(2)13-10-15-8-11-18-12-9-15/h3-7,14-15,18H,8-13H2,1-2H3. The zero-order valence-corrected chi connectivity index (χ0v) is 12.6. The van der Waals surface area contributed by atoms with E-state index in [1.54, 1.807) is 0 Å². The number of likely N-dealkylation sites (N-methyl/N-ethyl adjacent to an activating group) is 1. The highest BCUT2D eigenvalue weighted by Crippen LogP contribution is 2.19. The van der Waals surface area contributed by atoms with Crippen molar-refractivity contribution in [2.75, 3.05) is 26.7 Å². The van der Waals surface area contributed by atoms with Gasteiger partial charge in [0.1, 0.15) is 0 Å². The first kappa shape index (κ1) is 15.0. The SMILES string of the molecule is CC(C(=O)N(C)CCC1CCNCC1)c1ccccc1. The molecule has 0 bridgehead atoms. The average molecular weight is 274 g/mol. The van der Waals surface area contributed by atoms with E-state index in [1.807, 2.05) is 49.2 Å². The summed E-state index contributed by atoms with van der Waals surface area (Å²) in [7, 11) is 1.93. The molecule has 1 fully saturated rings. The largest absolute Gasteiger partial charge is 0.345 e. The lowest BCUT2D eigenvalue weighted by Crippen LogP contribution is -2.34. The Bertz CT molecular complexity index is 412. The number of nitrogens with one attached hydrogen (secondary N) is 1. The number of benzene rings is 1. The zero-order valence-electron chi connectivity index (χ0n) is 12.6. The number of amides is 1. The maximum Gasteiger partial charge on any atom is 0.229 e. The summed E-state index contributed by atoms with van der Waals surface area (Å²) in [5.74, 6) is 0.956. The van der Waals surface area contributed by atoms with Gasteiger partial charge in [0, 0.05) is 13.6 Å². The predicted molar refractivity (Wildman–Crippen MR) is 82.7 cm³/mol. The lowest BCUT2D eigenvalue weighted by Gasteiger charge is -2.26. The topological polar surface area (TPSA) is 32.3 Å². The van der Waals surface area contributed by atoms with Crippen LogP contribution in [0.25, 0.3) is 0 Å². The first-order valence-corrected chi connectivity index (χ1v) is 7.69. The third-order valence-corrected chi connectivity index (χ3v) is 4.38. The lowest BCUT2D eigenvalue weighted by molar-refractivity contribution is -0.131. The molecular formula is C17H26N2O. The molecule has 0 aliphatic carbocycles. The predicted octanol–water partition coefficient (Wildman–Crippen LogP) is 2.64. The van der Waals surface area contributed by atoms with E-state index in [-0.39, 0.29) is 11.8 Å². The van der Waals surface area contributed by atoms with E-state index in [1.165, 1.54) is 12.8 Å². The summed E-state index contributed by atoms with van der Waals surface area (Å²) in [4.78, 5) is 14.3. The molecule has 3 heteroatoms. The fourth-order valence-corrected chi connectivity index (χ4v) is 2.87. The van der Waals surface area contributed by atoms with Crippen LogP contribution in [0, 0.1) is 5.92 Å². The molecule has 0 radical (unpaired) electrons. The van der Waals surface area contributed by atoms with Crippen LogP contribution < -0.4 is 5.32 Å². The second-order valence-electron chi connectivity index (χ2n) is 5.87. The van der Waals surface area contributed by atoms with Crippen LogP contribution in [0.15, 0.2) is 30.3 Å². The summed E-state index contributed by atoms with van der Waals surface area (Å²) >= 11 is 0. The van der Waals surface area contributed by atoms with Crippen LogP contribution in [0.4, 0.5) is 0 Å². The molecule has 1 saturated heterocycles. The Morgan fingerprint density at radius 1 is 1.30 bits per heavy atom. The van der Waals surface area contributed by atoms with E-state index < -0.39 is 0 Å². The summed E-state index contributed by atoms with van der Waals surface area (Å²) in [6, 6.07) is 10.0. The van der Waals surface area contributed by atoms with E-state index in [0.29, 0.717) is 0 Å². The molecule has 0 saturated carbocycles. The smallest absolute Gasteiger partial charge is 0.229 e. The highest BCUT2D eigenvalue weighted by Gasteiger charge is 2.20. The lowest BCUT2D eigenvalue weighted by atomic mass is 9.94. The summed E-state index contributed by atoms with van der Waals surface area (Å²) in [6.45, 7) is 5.13. The highest BCUT2D eigenvalue weighted by atomic mass is 16.2. The Kier molecular flexibility index (Phi) is 5.60. The van der Waals surface area contributed by atoms with Gasteiger partial charge in [-0.15, -0.1) is 0 Å². The minimum atomic E-state index is -0.0470. The molecule has 1 heterocycles. The van der Waals surface area contributed by atoms with Gasteiger partial charge in [-0.25, -0.2) is 0 Å². The first-order chi connectivity index (χ1) is 9.68. The van der Waals surface area contributed by atoms with Gasteiger partial charge >= 0.3 is 0 Å². The van der Waals surface area contributed by atoms with Crippen LogP contribution in [0.3, 0.4) is 0 Å². The molecule has 0 spiro atoms. The van der Waals surface area contributed by atoms with Crippen molar-refractivity contribution in [2.24, 2.45) is 5.92 Å². The molecule has 1 amide bonds. The summed E-state index contributed by atoms with van der Waals surface area (Å²) in [6.07, 6.45) is 3.62. The summed E-state index contributed by atoms with van der Waals surface area (Å²) in [5.41, 5.74) is 1.10. The van der Waals surface area contributed by atoms with Gasteiger partial charge in [0.25, 0.3) is 0 Å². The van der Waals surface area contributed by atoms with Crippen LogP contribution in [-0.4, -0.2) is 37.5 Å². The Labute approximate surface area is 122 Å². The molecule has 1 N–H and O–H groups in total. The Hall–Kier alpha value is -1.35. The van der Waals surface area contributed by atoms with Gasteiger partial charge in [0.2, 0.25) is 5.91 Å². The van der Waals surface area contributed by atoms with Crippen molar-refractivity contribution in [1.82, 2.24) is 10.2 Å². The minimum absolute atomic E-state index is 0.0470. The van der Waals surface area contributed by atoms with Crippen LogP contribution in [0.2, 0.25) is 0 Å². The molecule has 0 aromatic heterocycles. The number of nitrogens with zero attached hydrogens (tertiary/aromatic N) is 1. The molecule has 110 valence electrons. The van der Waals surface area contributed by atoms with Crippen molar-refractivity contribution >= 4 is 5.91 Å². The molecule has 1 atom stereocenters. The Morgan fingerprint density at radius 2 is 1.95 bits per heavy atom. The van der Waals surface area contributed by atoms with Gasteiger partial charge in [0.15, 0.2) is 0 Å². The number of piperidine rings is 1. The van der Waals surface area contributed by atoms with Crippen LogP contribution >= 0.6 is 0 Å². The van der Waals surface area contributed by atoms with Gasteiger partial charge in [0.05, 0.1) is 5.92 Å². The summed E-state index contributed by atoms with van der Waals surface area (Å²) < 4.78 is 0. The van der Waals surface area contributed by atoms with Gasteiger partial charge in [-0.3, -0.25) is 4.79 Å². The van der Waals surface area contributed by atoms with Crippen molar-refractivity contribution in [3.8, 4) is 0 Å². The fraction of sp³-hybridized carbons (Fsp3) is 0.588. The second-order valence-corrected chi connectivity index (χ2v) is 5.87. The molecule has 1 aliphatic heterocycles. The fourth-order valence-electron chi connectivity index (χ4n) is 2.87. The normalized spacial score (nSPS) is 17.7. The van der Waals surface area contributed by atoms with E-state index in [2.05, 4.69) is 5.32 Å². The Balaban J connectivity index is 1.82. The third kappa shape index (κ3) is 4.07. The first-order valence-electron chi connectivity index (χ1n) is 7.69. The van der Waals surface area contributed by atoms with E-state index in [4.69, 9.17) is 0 Å². The van der Waals surface area contributed by atoms with Gasteiger partial charge in [-0.2, -0.15) is 0 Å². The van der Waals surface area contributed by atoms with Gasteiger partial charge in [-0.1, -0.05) is 30.3 Å². The maximum atomic E-state index is 12.4. The van der Waals surface area contributed by atoms with Crippen molar-refractivity contribution < 1.29 is 4.79 Å². The maximum absolute atomic E-state index is 12.4. The van der Waals surface area contributed by atoms with Gasteiger partial charge < -0.3 is 10.2 Å². The summed E-state index contributed by atoms with van der Waals surface area (Å²) in [5, 5.41) is 3.38. The zero-order chi connectivity index (χ0) is 14.4. The van der Waals surface area contributed by atoms with Crippen molar-refractivity contribution in [3.05, 3.63) is 35.9 Å². The van der Waals surface area contributed by atoms with Crippen molar-refractivity contribution in [1.29, 1.82) is 0 Å². The highest BCUT2D eigenvalue weighted by molar-refractivity contribution is 5.83. The molecule has 1 aromatic carbocycles. The van der Waals surface area contributed by atoms with E-state index >= 15 is 0 Å². The molecule has 1 aromatic rings. The number of carbonyl (C=O) groups is 1. The second kappa shape index (κ2) is 7.44. The number of rotatable bonds is 5. The van der Waals surface area contributed by atoms with Crippen LogP contribution in [0.5, 0.6) is 0 Å². The van der Waals surface area contributed by atoms with Gasteiger partial charge in [-0.05, 0) is 50.8 Å². The third-order valence-electron chi connectivity index (χ3n) is 4.38. The number of hydrogen-bond acceptors (Lipinski definition) is 2. The van der Waals surface area contributed by atoms with E-state index in [0.717, 1.165) is 37.5 Å². The van der Waals surface area contributed by atoms with E-state index in [9.17, 15) is 4.79 Å². The van der Waals surface area contributed by atoms with Crippen molar-refractivity contribution in [3.63, 3.8) is 0 Å². The number of carbonyl (C=O) groups excluding carboxylic acids is 1. The number of hydrogen-bond donors (Lipinski definition) is 1. The molecule has 1 unspecified atom stereocenters. The quantitative estimate of drug-likeness (QED) is 0.895.